The first-order valence-corrected chi connectivity index (χ1v) is 4.55. The summed E-state index contributed by atoms with van der Waals surface area (Å²) in [6.07, 6.45) is 3.33. The summed E-state index contributed by atoms with van der Waals surface area (Å²) < 4.78 is 0. The molecule has 1 aliphatic rings. The molecule has 0 aliphatic carbocycles. The van der Waals surface area contributed by atoms with Crippen LogP contribution in [0.5, 0.6) is 0 Å². The SMILES string of the molecule is NC(=O)C=Cc1ccc2c(c1)NC(=O)C2. The van der Waals surface area contributed by atoms with Gasteiger partial charge in [0, 0.05) is 11.8 Å². The van der Waals surface area contributed by atoms with E-state index in [-0.39, 0.29) is 5.91 Å². The van der Waals surface area contributed by atoms with E-state index in [0.717, 1.165) is 16.8 Å². The maximum absolute atomic E-state index is 11.1. The molecular weight excluding hydrogens is 192 g/mol. The average molecular weight is 202 g/mol. The van der Waals surface area contributed by atoms with Crippen LogP contribution in [-0.4, -0.2) is 11.8 Å². The molecule has 0 fully saturated rings. The highest BCUT2D eigenvalue weighted by Crippen LogP contribution is 2.24. The van der Waals surface area contributed by atoms with Gasteiger partial charge in [-0.15, -0.1) is 0 Å². The Morgan fingerprint density at radius 2 is 2.27 bits per heavy atom. The molecule has 15 heavy (non-hydrogen) atoms. The van der Waals surface area contributed by atoms with E-state index in [4.69, 9.17) is 5.73 Å². The standard InChI is InChI=1S/C11H10N2O2/c12-10(14)4-2-7-1-3-8-6-11(15)13-9(8)5-7/h1-5H,6H2,(H2,12,14)(H,13,15). The zero-order valence-corrected chi connectivity index (χ0v) is 7.99. The zero-order valence-electron chi connectivity index (χ0n) is 7.99. The van der Waals surface area contributed by atoms with Gasteiger partial charge >= 0.3 is 0 Å². The van der Waals surface area contributed by atoms with Crippen molar-refractivity contribution in [1.82, 2.24) is 0 Å². The minimum atomic E-state index is -0.487. The fourth-order valence-electron chi connectivity index (χ4n) is 1.51. The van der Waals surface area contributed by atoms with Gasteiger partial charge in [-0.3, -0.25) is 9.59 Å². The lowest BCUT2D eigenvalue weighted by Gasteiger charge is -1.99. The second kappa shape index (κ2) is 3.57. The Balaban J connectivity index is 2.27. The number of nitrogens with one attached hydrogen (secondary N) is 1. The van der Waals surface area contributed by atoms with Crippen molar-refractivity contribution >= 4 is 23.6 Å². The van der Waals surface area contributed by atoms with Gasteiger partial charge < -0.3 is 11.1 Å². The lowest BCUT2D eigenvalue weighted by atomic mass is 10.1. The van der Waals surface area contributed by atoms with Crippen molar-refractivity contribution in [1.29, 1.82) is 0 Å². The molecule has 1 aliphatic heterocycles. The van der Waals surface area contributed by atoms with E-state index >= 15 is 0 Å². The number of amides is 2. The van der Waals surface area contributed by atoms with Crippen molar-refractivity contribution in [2.75, 3.05) is 5.32 Å². The third-order valence-corrected chi connectivity index (χ3v) is 2.20. The first-order chi connectivity index (χ1) is 7.15. The number of hydrogen-bond donors (Lipinski definition) is 2. The van der Waals surface area contributed by atoms with E-state index in [2.05, 4.69) is 5.32 Å². The normalized spacial score (nSPS) is 14.0. The molecule has 1 aromatic rings. The number of rotatable bonds is 2. The summed E-state index contributed by atoms with van der Waals surface area (Å²) in [6.45, 7) is 0. The highest BCUT2D eigenvalue weighted by Gasteiger charge is 2.16. The van der Waals surface area contributed by atoms with Crippen LogP contribution in [0.1, 0.15) is 11.1 Å². The molecule has 2 amide bonds. The molecule has 0 radical (unpaired) electrons. The first-order valence-electron chi connectivity index (χ1n) is 4.55. The predicted molar refractivity (Wildman–Crippen MR) is 57.0 cm³/mol. The molecule has 1 heterocycles. The Morgan fingerprint density at radius 3 is 3.00 bits per heavy atom. The van der Waals surface area contributed by atoms with Crippen LogP contribution in [0.25, 0.3) is 6.08 Å². The maximum Gasteiger partial charge on any atom is 0.241 e. The summed E-state index contributed by atoms with van der Waals surface area (Å²) in [6, 6.07) is 5.53. The number of hydrogen-bond acceptors (Lipinski definition) is 2. The molecule has 4 nitrogen and oxygen atoms in total. The van der Waals surface area contributed by atoms with Gasteiger partial charge in [0.15, 0.2) is 0 Å². The van der Waals surface area contributed by atoms with Crippen molar-refractivity contribution in [3.05, 3.63) is 35.4 Å². The average Bonchev–Trinajstić information content (AvgIpc) is 2.53. The van der Waals surface area contributed by atoms with Crippen LogP contribution < -0.4 is 11.1 Å². The van der Waals surface area contributed by atoms with Gasteiger partial charge in [0.1, 0.15) is 0 Å². The molecule has 0 unspecified atom stereocenters. The highest BCUT2D eigenvalue weighted by atomic mass is 16.2. The maximum atomic E-state index is 11.1. The summed E-state index contributed by atoms with van der Waals surface area (Å²) >= 11 is 0. The van der Waals surface area contributed by atoms with E-state index in [1.54, 1.807) is 6.08 Å². The van der Waals surface area contributed by atoms with Crippen LogP contribution in [0.3, 0.4) is 0 Å². The summed E-state index contributed by atoms with van der Waals surface area (Å²) in [5.74, 6) is -0.486. The largest absolute Gasteiger partial charge is 0.366 e. The molecule has 0 aromatic heterocycles. The van der Waals surface area contributed by atoms with Crippen molar-refractivity contribution in [2.24, 2.45) is 5.73 Å². The van der Waals surface area contributed by atoms with Crippen molar-refractivity contribution in [3.8, 4) is 0 Å². The number of carbonyl (C=O) groups is 2. The topological polar surface area (TPSA) is 72.2 Å². The van der Waals surface area contributed by atoms with Gasteiger partial charge in [-0.25, -0.2) is 0 Å². The Labute approximate surface area is 86.8 Å². The number of nitrogens with two attached hydrogens (primary N) is 1. The highest BCUT2D eigenvalue weighted by molar-refractivity contribution is 5.99. The van der Waals surface area contributed by atoms with Crippen LogP contribution in [0.15, 0.2) is 24.3 Å². The summed E-state index contributed by atoms with van der Waals surface area (Å²) in [4.78, 5) is 21.6. The Bertz CT molecular complexity index is 464. The number of carbonyl (C=O) groups excluding carboxylic acids is 2. The Hall–Kier alpha value is -2.10. The van der Waals surface area contributed by atoms with Crippen molar-refractivity contribution in [2.45, 2.75) is 6.42 Å². The van der Waals surface area contributed by atoms with Gasteiger partial charge in [0.25, 0.3) is 0 Å². The van der Waals surface area contributed by atoms with Gasteiger partial charge in [-0.2, -0.15) is 0 Å². The first kappa shape index (κ1) is 9.45. The number of anilines is 1. The Kier molecular flexibility index (Phi) is 2.25. The summed E-state index contributed by atoms with van der Waals surface area (Å²) in [5.41, 5.74) is 7.62. The molecule has 0 saturated carbocycles. The fourth-order valence-corrected chi connectivity index (χ4v) is 1.51. The van der Waals surface area contributed by atoms with Crippen molar-refractivity contribution < 1.29 is 9.59 Å². The van der Waals surface area contributed by atoms with Gasteiger partial charge in [-0.05, 0) is 23.3 Å². The monoisotopic (exact) mass is 202 g/mol. The van der Waals surface area contributed by atoms with Crippen molar-refractivity contribution in [3.63, 3.8) is 0 Å². The third kappa shape index (κ3) is 2.04. The number of primary amides is 1. The molecule has 4 heteroatoms. The predicted octanol–water partition coefficient (Wildman–Crippen LogP) is 0.680. The molecule has 1 aromatic carbocycles. The van der Waals surface area contributed by atoms with E-state index in [9.17, 15) is 9.59 Å². The fraction of sp³-hybridized carbons (Fsp3) is 0.0909. The third-order valence-electron chi connectivity index (χ3n) is 2.20. The molecule has 0 spiro atoms. The summed E-state index contributed by atoms with van der Waals surface area (Å²) in [5, 5.41) is 2.74. The van der Waals surface area contributed by atoms with Crippen LogP contribution in [-0.2, 0) is 16.0 Å². The van der Waals surface area contributed by atoms with E-state index < -0.39 is 5.91 Å². The second-order valence-electron chi connectivity index (χ2n) is 3.38. The van der Waals surface area contributed by atoms with Crippen LogP contribution in [0.4, 0.5) is 5.69 Å². The molecule has 0 bridgehead atoms. The van der Waals surface area contributed by atoms with Gasteiger partial charge in [-0.1, -0.05) is 12.1 Å². The van der Waals surface area contributed by atoms with Crippen LogP contribution >= 0.6 is 0 Å². The van der Waals surface area contributed by atoms with E-state index in [0.29, 0.717) is 6.42 Å². The minimum absolute atomic E-state index is 0.000954. The lowest BCUT2D eigenvalue weighted by molar-refractivity contribution is -0.115. The smallest absolute Gasteiger partial charge is 0.241 e. The van der Waals surface area contributed by atoms with Crippen LogP contribution in [0.2, 0.25) is 0 Å². The molecular formula is C11H10N2O2. The quantitative estimate of drug-likeness (QED) is 0.692. The number of fused-ring (bicyclic) bond motifs is 1. The number of benzene rings is 1. The minimum Gasteiger partial charge on any atom is -0.366 e. The molecule has 0 saturated heterocycles. The van der Waals surface area contributed by atoms with Gasteiger partial charge in [0.05, 0.1) is 6.42 Å². The molecule has 2 rings (SSSR count). The van der Waals surface area contributed by atoms with Crippen LogP contribution in [0, 0.1) is 0 Å². The molecule has 76 valence electrons. The zero-order chi connectivity index (χ0) is 10.8. The second-order valence-corrected chi connectivity index (χ2v) is 3.38. The molecule has 3 N–H and O–H groups in total. The van der Waals surface area contributed by atoms with E-state index in [1.807, 2.05) is 18.2 Å². The van der Waals surface area contributed by atoms with E-state index in [1.165, 1.54) is 6.08 Å². The van der Waals surface area contributed by atoms with Gasteiger partial charge in [0.2, 0.25) is 11.8 Å². The molecule has 0 atom stereocenters. The summed E-state index contributed by atoms with van der Waals surface area (Å²) in [7, 11) is 0. The lowest BCUT2D eigenvalue weighted by Crippen LogP contribution is -2.05. The Morgan fingerprint density at radius 1 is 1.47 bits per heavy atom.